The summed E-state index contributed by atoms with van der Waals surface area (Å²) >= 11 is 0. The lowest BCUT2D eigenvalue weighted by Gasteiger charge is -2.06. The van der Waals surface area contributed by atoms with E-state index in [9.17, 15) is 4.39 Å². The molecule has 0 radical (unpaired) electrons. The smallest absolute Gasteiger partial charge is 0.144 e. The van der Waals surface area contributed by atoms with E-state index in [0.717, 1.165) is 33.4 Å². The summed E-state index contributed by atoms with van der Waals surface area (Å²) in [6, 6.07) is 8.78. The lowest BCUT2D eigenvalue weighted by molar-refractivity contribution is 0.610. The highest BCUT2D eigenvalue weighted by atomic mass is 19.1. The first-order chi connectivity index (χ1) is 13.7. The van der Waals surface area contributed by atoms with Crippen molar-refractivity contribution in [3.05, 3.63) is 66.6 Å². The Labute approximate surface area is 158 Å². The zero-order valence-corrected chi connectivity index (χ0v) is 14.8. The third-order valence-electron chi connectivity index (χ3n) is 4.55. The van der Waals surface area contributed by atoms with Crippen LogP contribution in [0.4, 0.5) is 4.39 Å². The van der Waals surface area contributed by atoms with E-state index in [1.807, 2.05) is 24.4 Å². The van der Waals surface area contributed by atoms with Crippen molar-refractivity contribution in [3.8, 4) is 33.8 Å². The summed E-state index contributed by atoms with van der Waals surface area (Å²) in [5.41, 5.74) is 6.46. The van der Waals surface area contributed by atoms with Gasteiger partial charge in [-0.05, 0) is 37.3 Å². The molecule has 5 aromatic rings. The first-order valence-electron chi connectivity index (χ1n) is 8.63. The molecule has 0 aliphatic heterocycles. The summed E-state index contributed by atoms with van der Waals surface area (Å²) in [6.07, 6.45) is 7.10. The van der Waals surface area contributed by atoms with Crippen molar-refractivity contribution in [2.75, 3.05) is 0 Å². The number of fused-ring (bicyclic) bond motifs is 1. The zero-order valence-electron chi connectivity index (χ0n) is 14.8. The topological polar surface area (TPSA) is 96.0 Å². The van der Waals surface area contributed by atoms with Crippen molar-refractivity contribution in [3.63, 3.8) is 0 Å². The van der Waals surface area contributed by atoms with E-state index in [2.05, 4.69) is 30.4 Å². The third-order valence-corrected chi connectivity index (χ3v) is 4.55. The van der Waals surface area contributed by atoms with Crippen molar-refractivity contribution < 1.29 is 4.39 Å². The average Bonchev–Trinajstić information content (AvgIpc) is 3.41. The molecule has 5 heterocycles. The van der Waals surface area contributed by atoms with E-state index < -0.39 is 0 Å². The molecule has 0 unspecified atom stereocenters. The van der Waals surface area contributed by atoms with Crippen LogP contribution in [0.1, 0.15) is 5.69 Å². The van der Waals surface area contributed by atoms with Gasteiger partial charge in [0.25, 0.3) is 0 Å². The van der Waals surface area contributed by atoms with Crippen LogP contribution in [0, 0.1) is 12.7 Å². The molecule has 5 aromatic heterocycles. The average molecular weight is 371 g/mol. The van der Waals surface area contributed by atoms with Gasteiger partial charge in [-0.3, -0.25) is 15.2 Å². The number of hydrogen-bond donors (Lipinski definition) is 2. The Morgan fingerprint density at radius 2 is 1.75 bits per heavy atom. The van der Waals surface area contributed by atoms with Gasteiger partial charge in [-0.1, -0.05) is 0 Å². The molecule has 0 aliphatic rings. The molecular weight excluding hydrogens is 357 g/mol. The highest BCUT2D eigenvalue weighted by molar-refractivity contribution is 5.84. The predicted octanol–water partition coefficient (Wildman–Crippen LogP) is 3.92. The van der Waals surface area contributed by atoms with Crippen LogP contribution in [0.3, 0.4) is 0 Å². The van der Waals surface area contributed by atoms with Crippen LogP contribution in [0.2, 0.25) is 0 Å². The molecule has 0 bridgehead atoms. The predicted molar refractivity (Wildman–Crippen MR) is 103 cm³/mol. The van der Waals surface area contributed by atoms with Crippen molar-refractivity contribution >= 4 is 11.0 Å². The Morgan fingerprint density at radius 3 is 2.57 bits per heavy atom. The molecule has 0 amide bonds. The summed E-state index contributed by atoms with van der Waals surface area (Å²) in [5, 5.41) is 13.9. The standard InChI is InChI=1S/C20H14FN7/c1-11-15(21)2-3-18(26-11)20-14(10-25-28-20)16-4-5-17-19(27-16)6-12(7-22-17)13-8-23-24-9-13/h2-10H,1H3,(H,23,24)(H,25,28). The molecule has 0 saturated carbocycles. The van der Waals surface area contributed by atoms with Crippen molar-refractivity contribution in [2.45, 2.75) is 6.92 Å². The highest BCUT2D eigenvalue weighted by Crippen LogP contribution is 2.30. The van der Waals surface area contributed by atoms with Crippen LogP contribution in [0.15, 0.2) is 55.1 Å². The van der Waals surface area contributed by atoms with Gasteiger partial charge in [0.05, 0.1) is 34.3 Å². The third kappa shape index (κ3) is 2.71. The van der Waals surface area contributed by atoms with Crippen LogP contribution in [-0.4, -0.2) is 35.3 Å². The minimum Gasteiger partial charge on any atom is -0.285 e. The van der Waals surface area contributed by atoms with E-state index >= 15 is 0 Å². The number of aryl methyl sites for hydroxylation is 1. The molecule has 8 heteroatoms. The summed E-state index contributed by atoms with van der Waals surface area (Å²) in [5.74, 6) is -0.345. The zero-order chi connectivity index (χ0) is 19.1. The van der Waals surface area contributed by atoms with Gasteiger partial charge in [-0.2, -0.15) is 10.2 Å². The largest absolute Gasteiger partial charge is 0.285 e. The molecule has 0 aromatic carbocycles. The van der Waals surface area contributed by atoms with E-state index in [-0.39, 0.29) is 5.82 Å². The van der Waals surface area contributed by atoms with Crippen LogP contribution in [-0.2, 0) is 0 Å². The Kier molecular flexibility index (Phi) is 3.68. The monoisotopic (exact) mass is 371 g/mol. The fourth-order valence-electron chi connectivity index (χ4n) is 3.08. The molecule has 2 N–H and O–H groups in total. The van der Waals surface area contributed by atoms with E-state index in [4.69, 9.17) is 4.98 Å². The van der Waals surface area contributed by atoms with Gasteiger partial charge >= 0.3 is 0 Å². The lowest BCUT2D eigenvalue weighted by atomic mass is 10.1. The number of aromatic nitrogens is 7. The summed E-state index contributed by atoms with van der Waals surface area (Å²) in [7, 11) is 0. The van der Waals surface area contributed by atoms with Gasteiger partial charge in [0.1, 0.15) is 11.5 Å². The van der Waals surface area contributed by atoms with Crippen LogP contribution in [0.25, 0.3) is 44.8 Å². The van der Waals surface area contributed by atoms with Crippen LogP contribution < -0.4 is 0 Å². The Bertz CT molecular complexity index is 1290. The number of aromatic amines is 2. The minimum absolute atomic E-state index is 0.326. The first-order valence-corrected chi connectivity index (χ1v) is 8.63. The molecule has 0 atom stereocenters. The first kappa shape index (κ1) is 16.2. The molecule has 0 fully saturated rings. The van der Waals surface area contributed by atoms with Crippen LogP contribution >= 0.6 is 0 Å². The molecule has 0 saturated heterocycles. The number of halogens is 1. The molecule has 28 heavy (non-hydrogen) atoms. The van der Waals surface area contributed by atoms with Gasteiger partial charge in [0.15, 0.2) is 0 Å². The number of nitrogens with one attached hydrogen (secondary N) is 2. The van der Waals surface area contributed by atoms with Gasteiger partial charge < -0.3 is 0 Å². The maximum Gasteiger partial charge on any atom is 0.144 e. The molecular formula is C20H14FN7. The molecule has 5 rings (SSSR count). The van der Waals surface area contributed by atoms with Crippen molar-refractivity contribution in [2.24, 2.45) is 0 Å². The molecule has 136 valence electrons. The quantitative estimate of drug-likeness (QED) is 0.501. The molecule has 0 spiro atoms. The second-order valence-electron chi connectivity index (χ2n) is 6.36. The number of H-pyrrole nitrogens is 2. The van der Waals surface area contributed by atoms with E-state index in [1.165, 1.54) is 6.07 Å². The normalized spacial score (nSPS) is 11.2. The van der Waals surface area contributed by atoms with E-state index in [0.29, 0.717) is 17.1 Å². The van der Waals surface area contributed by atoms with Gasteiger partial charge in [-0.15, -0.1) is 0 Å². The van der Waals surface area contributed by atoms with Crippen LogP contribution in [0.5, 0.6) is 0 Å². The van der Waals surface area contributed by atoms with Crippen molar-refractivity contribution in [1.29, 1.82) is 0 Å². The second-order valence-corrected chi connectivity index (χ2v) is 6.36. The van der Waals surface area contributed by atoms with Gasteiger partial charge in [-0.25, -0.2) is 14.4 Å². The van der Waals surface area contributed by atoms with Gasteiger partial charge in [0, 0.05) is 35.3 Å². The Balaban J connectivity index is 1.62. The summed E-state index contributed by atoms with van der Waals surface area (Å²) < 4.78 is 13.6. The maximum atomic E-state index is 13.6. The summed E-state index contributed by atoms with van der Waals surface area (Å²) in [4.78, 5) is 13.5. The maximum absolute atomic E-state index is 13.6. The molecule has 7 nitrogen and oxygen atoms in total. The number of nitrogens with zero attached hydrogens (tertiary/aromatic N) is 5. The van der Waals surface area contributed by atoms with Crippen molar-refractivity contribution in [1.82, 2.24) is 35.3 Å². The number of rotatable bonds is 3. The fraction of sp³-hybridized carbons (Fsp3) is 0.0500. The second kappa shape index (κ2) is 6.34. The summed E-state index contributed by atoms with van der Waals surface area (Å²) in [6.45, 7) is 1.63. The molecule has 0 aliphatic carbocycles. The lowest BCUT2D eigenvalue weighted by Crippen LogP contribution is -1.94. The number of hydrogen-bond acceptors (Lipinski definition) is 5. The van der Waals surface area contributed by atoms with E-state index in [1.54, 1.807) is 31.6 Å². The highest BCUT2D eigenvalue weighted by Gasteiger charge is 2.15. The Hall–Kier alpha value is -3.94. The Morgan fingerprint density at radius 1 is 0.857 bits per heavy atom. The SMILES string of the molecule is Cc1nc(-c2n[nH]cc2-c2ccc3ncc(-c4cn[nH]c4)cc3n2)ccc1F. The van der Waals surface area contributed by atoms with Gasteiger partial charge in [0.2, 0.25) is 0 Å². The minimum atomic E-state index is -0.345. The fourth-order valence-corrected chi connectivity index (χ4v) is 3.08. The number of pyridine rings is 3.